The van der Waals surface area contributed by atoms with Crippen LogP contribution >= 0.6 is 0 Å². The number of oxazole rings is 1. The van der Waals surface area contributed by atoms with Gasteiger partial charge < -0.3 is 4.42 Å². The molecule has 0 radical (unpaired) electrons. The van der Waals surface area contributed by atoms with Crippen LogP contribution in [-0.4, -0.2) is 11.2 Å². The number of anilines is 1. The number of benzene rings is 1. The van der Waals surface area contributed by atoms with Crippen LogP contribution in [0.5, 0.6) is 0 Å². The van der Waals surface area contributed by atoms with Crippen LogP contribution in [0.15, 0.2) is 33.8 Å². The van der Waals surface area contributed by atoms with Gasteiger partial charge in [0.1, 0.15) is 6.07 Å². The minimum absolute atomic E-state index is 0.277. The predicted octanol–water partition coefficient (Wildman–Crippen LogP) is 5.76. The number of unbranched alkanes of at least 4 members (excludes halogenated alkanes) is 1. The largest absolute Gasteiger partial charge is 0.422 e. The monoisotopic (exact) mass is 364 g/mol. The van der Waals surface area contributed by atoms with Crippen molar-refractivity contribution in [3.8, 4) is 6.07 Å². The molecule has 1 aromatic carbocycles. The molecule has 0 saturated heterocycles. The van der Waals surface area contributed by atoms with E-state index in [1.165, 1.54) is 37.7 Å². The van der Waals surface area contributed by atoms with Crippen LogP contribution in [0.4, 0.5) is 5.88 Å². The van der Waals surface area contributed by atoms with Crippen molar-refractivity contribution in [3.63, 3.8) is 0 Å². The van der Waals surface area contributed by atoms with E-state index in [9.17, 15) is 5.26 Å². The Labute approximate surface area is 161 Å². The number of aryl methyl sites for hydroxylation is 1. The zero-order chi connectivity index (χ0) is 19.1. The fourth-order valence-electron chi connectivity index (χ4n) is 3.67. The van der Waals surface area contributed by atoms with E-state index in [0.717, 1.165) is 24.3 Å². The molecular weight excluding hydrogens is 336 g/mol. The fraction of sp³-hybridized carbons (Fsp3) is 0.500. The van der Waals surface area contributed by atoms with Crippen LogP contribution in [0.25, 0.3) is 0 Å². The highest BCUT2D eigenvalue weighted by atomic mass is 16.4. The molecule has 1 aliphatic rings. The SMILES string of the molecule is CCCCC1CCC(c2nc(C#N)c(N/N=C\c3ccc(C)cc3)o2)CC1. The van der Waals surface area contributed by atoms with E-state index >= 15 is 0 Å². The first-order valence-corrected chi connectivity index (χ1v) is 9.96. The summed E-state index contributed by atoms with van der Waals surface area (Å²) in [5, 5.41) is 13.5. The number of hydrogen-bond donors (Lipinski definition) is 1. The second kappa shape index (κ2) is 9.36. The van der Waals surface area contributed by atoms with Gasteiger partial charge in [-0.05, 0) is 44.1 Å². The van der Waals surface area contributed by atoms with Crippen molar-refractivity contribution < 1.29 is 4.42 Å². The molecule has 1 saturated carbocycles. The molecule has 0 amide bonds. The number of hydrazone groups is 1. The normalized spacial score (nSPS) is 19.9. The Balaban J connectivity index is 1.60. The maximum Gasteiger partial charge on any atom is 0.252 e. The Morgan fingerprint density at radius 3 is 2.67 bits per heavy atom. The van der Waals surface area contributed by atoms with Gasteiger partial charge in [0.15, 0.2) is 0 Å². The first-order valence-electron chi connectivity index (χ1n) is 9.96. The predicted molar refractivity (Wildman–Crippen MR) is 108 cm³/mol. The zero-order valence-electron chi connectivity index (χ0n) is 16.2. The van der Waals surface area contributed by atoms with Gasteiger partial charge in [-0.1, -0.05) is 56.0 Å². The van der Waals surface area contributed by atoms with Crippen LogP contribution in [-0.2, 0) is 0 Å². The average Bonchev–Trinajstić information content (AvgIpc) is 3.11. The van der Waals surface area contributed by atoms with Gasteiger partial charge in [0.2, 0.25) is 11.6 Å². The molecule has 1 aromatic heterocycles. The van der Waals surface area contributed by atoms with Crippen LogP contribution in [0.3, 0.4) is 0 Å². The molecule has 1 aliphatic carbocycles. The molecule has 0 unspecified atom stereocenters. The van der Waals surface area contributed by atoms with Crippen molar-refractivity contribution >= 4 is 12.1 Å². The van der Waals surface area contributed by atoms with Crippen molar-refractivity contribution in [2.75, 3.05) is 5.43 Å². The molecule has 5 nitrogen and oxygen atoms in total. The van der Waals surface area contributed by atoms with Crippen molar-refractivity contribution in [1.82, 2.24) is 4.98 Å². The lowest BCUT2D eigenvalue weighted by molar-refractivity contribution is 0.278. The molecule has 5 heteroatoms. The van der Waals surface area contributed by atoms with Crippen LogP contribution in [0.1, 0.15) is 80.5 Å². The molecule has 0 spiro atoms. The highest BCUT2D eigenvalue weighted by molar-refractivity contribution is 5.80. The first-order chi connectivity index (χ1) is 13.2. The van der Waals surface area contributed by atoms with Crippen molar-refractivity contribution in [1.29, 1.82) is 5.26 Å². The summed E-state index contributed by atoms with van der Waals surface area (Å²) in [7, 11) is 0. The lowest BCUT2D eigenvalue weighted by atomic mass is 9.80. The molecule has 1 heterocycles. The minimum atomic E-state index is 0.277. The number of nitrogens with zero attached hydrogens (tertiary/aromatic N) is 3. The topological polar surface area (TPSA) is 74.2 Å². The smallest absolute Gasteiger partial charge is 0.252 e. The van der Waals surface area contributed by atoms with Gasteiger partial charge in [-0.3, -0.25) is 0 Å². The number of nitriles is 1. The lowest BCUT2D eigenvalue weighted by Gasteiger charge is -2.26. The summed E-state index contributed by atoms with van der Waals surface area (Å²) in [5.41, 5.74) is 5.31. The molecule has 0 atom stereocenters. The zero-order valence-corrected chi connectivity index (χ0v) is 16.2. The van der Waals surface area contributed by atoms with E-state index < -0.39 is 0 Å². The Morgan fingerprint density at radius 1 is 1.26 bits per heavy atom. The van der Waals surface area contributed by atoms with Crippen LogP contribution < -0.4 is 5.43 Å². The second-order valence-electron chi connectivity index (χ2n) is 7.48. The van der Waals surface area contributed by atoms with Crippen molar-refractivity contribution in [2.24, 2.45) is 11.0 Å². The van der Waals surface area contributed by atoms with Crippen LogP contribution in [0, 0.1) is 24.2 Å². The van der Waals surface area contributed by atoms with Gasteiger partial charge in [0.05, 0.1) is 6.21 Å². The minimum Gasteiger partial charge on any atom is -0.422 e. The van der Waals surface area contributed by atoms with Gasteiger partial charge >= 0.3 is 0 Å². The van der Waals surface area contributed by atoms with E-state index in [2.05, 4.69) is 28.5 Å². The standard InChI is InChI=1S/C22H28N4O/c1-3-4-5-17-10-12-19(13-11-17)21-25-20(14-23)22(27-21)26-24-15-18-8-6-16(2)7-9-18/h6-9,15,17,19,26H,3-5,10-13H2,1-2H3/b24-15-. The third kappa shape index (κ3) is 5.19. The average molecular weight is 364 g/mol. The first kappa shape index (κ1) is 19.2. The molecular formula is C22H28N4O. The Kier molecular flexibility index (Phi) is 6.64. The Hall–Kier alpha value is -2.61. The van der Waals surface area contributed by atoms with Crippen molar-refractivity contribution in [3.05, 3.63) is 47.0 Å². The quantitative estimate of drug-likeness (QED) is 0.500. The van der Waals surface area contributed by atoms with Gasteiger partial charge in [-0.15, -0.1) is 0 Å². The molecule has 0 bridgehead atoms. The summed E-state index contributed by atoms with van der Waals surface area (Å²) in [6, 6.07) is 10.2. The number of aromatic nitrogens is 1. The highest BCUT2D eigenvalue weighted by Gasteiger charge is 2.27. The highest BCUT2D eigenvalue weighted by Crippen LogP contribution is 2.38. The fourth-order valence-corrected chi connectivity index (χ4v) is 3.67. The van der Waals surface area contributed by atoms with Crippen LogP contribution in [0.2, 0.25) is 0 Å². The molecule has 3 rings (SSSR count). The Bertz CT molecular complexity index is 793. The summed E-state index contributed by atoms with van der Waals surface area (Å²) in [5.74, 6) is 2.16. The molecule has 142 valence electrons. The van der Waals surface area contributed by atoms with E-state index in [1.807, 2.05) is 31.2 Å². The number of hydrogen-bond acceptors (Lipinski definition) is 5. The van der Waals surface area contributed by atoms with Gasteiger partial charge in [-0.25, -0.2) is 10.4 Å². The van der Waals surface area contributed by atoms with E-state index in [4.69, 9.17) is 4.42 Å². The van der Waals surface area contributed by atoms with Gasteiger partial charge in [0.25, 0.3) is 5.88 Å². The third-order valence-electron chi connectivity index (χ3n) is 5.37. The second-order valence-corrected chi connectivity index (χ2v) is 7.48. The number of rotatable bonds is 7. The van der Waals surface area contributed by atoms with E-state index in [0.29, 0.717) is 17.7 Å². The summed E-state index contributed by atoms with van der Waals surface area (Å²) in [4.78, 5) is 4.41. The summed E-state index contributed by atoms with van der Waals surface area (Å²) in [6.45, 7) is 4.29. The molecule has 2 aromatic rings. The lowest BCUT2D eigenvalue weighted by Crippen LogP contribution is -2.13. The van der Waals surface area contributed by atoms with Gasteiger partial charge in [-0.2, -0.15) is 10.4 Å². The maximum absolute atomic E-state index is 9.35. The Morgan fingerprint density at radius 2 is 2.00 bits per heavy atom. The molecule has 0 aliphatic heterocycles. The summed E-state index contributed by atoms with van der Waals surface area (Å²) < 4.78 is 5.86. The van der Waals surface area contributed by atoms with Crippen molar-refractivity contribution in [2.45, 2.75) is 64.7 Å². The molecule has 1 fully saturated rings. The summed E-state index contributed by atoms with van der Waals surface area (Å²) in [6.07, 6.45) is 10.3. The van der Waals surface area contributed by atoms with Gasteiger partial charge in [0, 0.05) is 5.92 Å². The molecule has 1 N–H and O–H groups in total. The van der Waals surface area contributed by atoms with E-state index in [1.54, 1.807) is 6.21 Å². The third-order valence-corrected chi connectivity index (χ3v) is 5.37. The van der Waals surface area contributed by atoms with E-state index in [-0.39, 0.29) is 5.69 Å². The molecule has 27 heavy (non-hydrogen) atoms. The maximum atomic E-state index is 9.35. The summed E-state index contributed by atoms with van der Waals surface area (Å²) >= 11 is 0. The number of nitrogens with one attached hydrogen (secondary N) is 1.